The number of carbonyl (C=O) groups is 2. The van der Waals surface area contributed by atoms with Gasteiger partial charge in [0, 0.05) is 9.79 Å². The Labute approximate surface area is 184 Å². The van der Waals surface area contributed by atoms with Crippen molar-refractivity contribution in [3.05, 3.63) is 90.0 Å². The van der Waals surface area contributed by atoms with Gasteiger partial charge in [-0.05, 0) is 60.7 Å². The zero-order valence-corrected chi connectivity index (χ0v) is 18.6. The van der Waals surface area contributed by atoms with E-state index in [0.29, 0.717) is 0 Å². The van der Waals surface area contributed by atoms with Crippen LogP contribution in [0.15, 0.2) is 88.7 Å². The van der Waals surface area contributed by atoms with Gasteiger partial charge in [0.15, 0.2) is 0 Å². The summed E-state index contributed by atoms with van der Waals surface area (Å²) in [6, 6.07) is 23.6. The summed E-state index contributed by atoms with van der Waals surface area (Å²) < 4.78 is 0.890. The van der Waals surface area contributed by atoms with E-state index in [2.05, 4.69) is 45.4 Å². The molecule has 7 heteroatoms. The lowest BCUT2D eigenvalue weighted by Gasteiger charge is -2.22. The van der Waals surface area contributed by atoms with Crippen molar-refractivity contribution >= 4 is 39.2 Å². The van der Waals surface area contributed by atoms with Crippen LogP contribution in [0.3, 0.4) is 0 Å². The van der Waals surface area contributed by atoms with E-state index in [1.807, 2.05) is 6.07 Å². The van der Waals surface area contributed by atoms with Gasteiger partial charge in [-0.15, -0.1) is 0 Å². The Bertz CT molecular complexity index is 909. The average Bonchev–Trinajstić information content (AvgIpc) is 2.73. The van der Waals surface area contributed by atoms with Crippen molar-refractivity contribution in [1.82, 2.24) is 4.48 Å². The van der Waals surface area contributed by atoms with E-state index in [1.54, 1.807) is 48.5 Å². The number of carboxylic acids is 2. The molecule has 0 aliphatic rings. The zero-order chi connectivity index (χ0) is 22.1. The summed E-state index contributed by atoms with van der Waals surface area (Å²) in [6.07, 6.45) is 0. The zero-order valence-electron chi connectivity index (χ0n) is 17.0. The number of hydrogen-bond acceptors (Lipinski definition) is 4. The molecule has 3 rings (SSSR count). The summed E-state index contributed by atoms with van der Waals surface area (Å²) in [5.41, 5.74) is 1.85. The van der Waals surface area contributed by atoms with Crippen LogP contribution in [0.2, 0.25) is 0 Å². The minimum absolute atomic E-state index is 0.255. The van der Waals surface area contributed by atoms with Crippen LogP contribution in [-0.4, -0.2) is 43.3 Å². The molecule has 3 aromatic carbocycles. The van der Waals surface area contributed by atoms with Gasteiger partial charge in [-0.25, -0.2) is 9.59 Å². The highest BCUT2D eigenvalue weighted by Crippen LogP contribution is 2.37. The minimum atomic E-state index is -0.946. The second-order valence-electron chi connectivity index (χ2n) is 7.17. The third kappa shape index (κ3) is 7.59. The number of para-hydroxylation sites is 1. The van der Waals surface area contributed by atoms with Crippen LogP contribution in [0.5, 0.6) is 0 Å². The van der Waals surface area contributed by atoms with E-state index in [1.165, 1.54) is 27.3 Å². The average molecular weight is 443 g/mol. The van der Waals surface area contributed by atoms with Crippen LogP contribution in [0.25, 0.3) is 0 Å². The first kappa shape index (κ1) is 23.5. The lowest BCUT2D eigenvalue weighted by Crippen LogP contribution is -2.34. The molecule has 0 aliphatic carbocycles. The predicted octanol–water partition coefficient (Wildman–Crippen LogP) is 5.77. The lowest BCUT2D eigenvalue weighted by molar-refractivity contribution is 0.0686. The Morgan fingerprint density at radius 3 is 1.27 bits per heavy atom. The maximum atomic E-state index is 10.7. The van der Waals surface area contributed by atoms with Crippen molar-refractivity contribution < 1.29 is 19.8 Å². The number of aromatic carboxylic acids is 2. The van der Waals surface area contributed by atoms with E-state index in [0.717, 1.165) is 14.3 Å². The molecule has 156 valence electrons. The fraction of sp³-hybridized carbons (Fsp3) is 0.130. The highest BCUT2D eigenvalue weighted by molar-refractivity contribution is 8.76. The predicted molar refractivity (Wildman–Crippen MR) is 125 cm³/mol. The Hall–Kier alpha value is -2.74. The summed E-state index contributed by atoms with van der Waals surface area (Å²) in [6.45, 7) is 0. The van der Waals surface area contributed by atoms with E-state index >= 15 is 0 Å². The Kier molecular flexibility index (Phi) is 8.53. The van der Waals surface area contributed by atoms with Gasteiger partial charge in [-0.1, -0.05) is 39.8 Å². The molecule has 3 aromatic rings. The maximum absolute atomic E-state index is 10.7. The summed E-state index contributed by atoms with van der Waals surface area (Å²) in [7, 11) is 9.46. The Balaban J connectivity index is 0.000000269. The summed E-state index contributed by atoms with van der Waals surface area (Å²) >= 11 is 0. The van der Waals surface area contributed by atoms with Crippen molar-refractivity contribution in [2.75, 3.05) is 21.1 Å². The molecule has 0 saturated heterocycles. The number of benzene rings is 3. The molecule has 0 amide bonds. The molecule has 0 saturated carbocycles. The van der Waals surface area contributed by atoms with Gasteiger partial charge in [-0.3, -0.25) is 4.48 Å². The first-order valence-electron chi connectivity index (χ1n) is 9.05. The SMILES string of the molecule is C[N+](C)(C)c1ccccc1.O=C(O)c1ccc(SSc2ccc(C(=O)O)cc2)cc1. The second-order valence-corrected chi connectivity index (χ2v) is 9.45. The molecule has 0 bridgehead atoms. The maximum Gasteiger partial charge on any atom is 0.335 e. The Morgan fingerprint density at radius 2 is 1.00 bits per heavy atom. The van der Waals surface area contributed by atoms with E-state index in [-0.39, 0.29) is 11.1 Å². The monoisotopic (exact) mass is 442 g/mol. The van der Waals surface area contributed by atoms with Crippen LogP contribution in [-0.2, 0) is 0 Å². The van der Waals surface area contributed by atoms with Gasteiger partial charge < -0.3 is 10.2 Å². The highest BCUT2D eigenvalue weighted by Gasteiger charge is 2.09. The standard InChI is InChI=1S/C14H10O4S2.C9H14N/c15-13(16)9-1-5-11(6-2-9)19-20-12-7-3-10(4-8-12)14(17)18;1-10(2,3)9-7-5-4-6-8-9/h1-8H,(H,15,16)(H,17,18);4-8H,1-3H3/q;+1. The van der Waals surface area contributed by atoms with E-state index in [4.69, 9.17) is 10.2 Å². The number of rotatable bonds is 6. The third-order valence-electron chi connectivity index (χ3n) is 3.97. The molecular weight excluding hydrogens is 418 g/mol. The van der Waals surface area contributed by atoms with Gasteiger partial charge in [-0.2, -0.15) is 0 Å². The lowest BCUT2D eigenvalue weighted by atomic mass is 10.2. The summed E-state index contributed by atoms with van der Waals surface area (Å²) in [5, 5.41) is 17.6. The third-order valence-corrected chi connectivity index (χ3v) is 6.38. The van der Waals surface area contributed by atoms with Gasteiger partial charge in [0.25, 0.3) is 0 Å². The summed E-state index contributed by atoms with van der Waals surface area (Å²) in [5.74, 6) is -1.89. The van der Waals surface area contributed by atoms with Crippen molar-refractivity contribution in [2.24, 2.45) is 0 Å². The smallest absolute Gasteiger partial charge is 0.335 e. The number of carboxylic acid groups (broad SMARTS) is 2. The first-order chi connectivity index (χ1) is 14.2. The number of quaternary nitrogens is 1. The van der Waals surface area contributed by atoms with Crippen molar-refractivity contribution in [3.63, 3.8) is 0 Å². The molecule has 30 heavy (non-hydrogen) atoms. The fourth-order valence-electron chi connectivity index (χ4n) is 2.28. The van der Waals surface area contributed by atoms with Gasteiger partial charge in [0.2, 0.25) is 0 Å². The molecule has 0 aliphatic heterocycles. The fourth-order valence-corrected chi connectivity index (χ4v) is 4.21. The molecule has 0 heterocycles. The molecule has 0 aromatic heterocycles. The van der Waals surface area contributed by atoms with Gasteiger partial charge >= 0.3 is 11.9 Å². The second kappa shape index (κ2) is 10.9. The first-order valence-corrected chi connectivity index (χ1v) is 11.2. The molecular formula is C23H24NO4S2+. The van der Waals surface area contributed by atoms with Crippen molar-refractivity contribution in [2.45, 2.75) is 9.79 Å². The van der Waals surface area contributed by atoms with Crippen LogP contribution in [0.4, 0.5) is 5.69 Å². The van der Waals surface area contributed by atoms with E-state index < -0.39 is 11.9 Å². The van der Waals surface area contributed by atoms with E-state index in [9.17, 15) is 9.59 Å². The number of nitrogens with zero attached hydrogens (tertiary/aromatic N) is 1. The topological polar surface area (TPSA) is 74.6 Å². The molecule has 0 radical (unpaired) electrons. The normalized spacial score (nSPS) is 10.6. The molecule has 0 unspecified atom stereocenters. The summed E-state index contributed by atoms with van der Waals surface area (Å²) in [4.78, 5) is 23.3. The number of hydrogen-bond donors (Lipinski definition) is 2. The molecule has 0 atom stereocenters. The molecule has 0 fully saturated rings. The largest absolute Gasteiger partial charge is 0.478 e. The molecule has 2 N–H and O–H groups in total. The van der Waals surface area contributed by atoms with Crippen LogP contribution in [0.1, 0.15) is 20.7 Å². The van der Waals surface area contributed by atoms with Gasteiger partial charge in [0.05, 0.1) is 32.3 Å². The van der Waals surface area contributed by atoms with Crippen molar-refractivity contribution in [1.29, 1.82) is 0 Å². The highest BCUT2D eigenvalue weighted by atomic mass is 33.1. The molecule has 0 spiro atoms. The quantitative estimate of drug-likeness (QED) is 0.373. The molecule has 5 nitrogen and oxygen atoms in total. The van der Waals surface area contributed by atoms with Crippen LogP contribution >= 0.6 is 21.6 Å². The Morgan fingerprint density at radius 1 is 0.633 bits per heavy atom. The van der Waals surface area contributed by atoms with Crippen molar-refractivity contribution in [3.8, 4) is 0 Å². The van der Waals surface area contributed by atoms with Crippen LogP contribution in [0, 0.1) is 0 Å². The van der Waals surface area contributed by atoms with Crippen LogP contribution < -0.4 is 4.48 Å². The minimum Gasteiger partial charge on any atom is -0.478 e. The van der Waals surface area contributed by atoms with Gasteiger partial charge in [0.1, 0.15) is 5.69 Å².